The average molecular weight is 430 g/mol. The van der Waals surface area contributed by atoms with Crippen molar-refractivity contribution in [1.82, 2.24) is 19.6 Å². The van der Waals surface area contributed by atoms with Crippen LogP contribution in [-0.2, 0) is 11.4 Å². The fourth-order valence-corrected chi connectivity index (χ4v) is 4.06. The number of carbonyl (C=O) groups is 1. The van der Waals surface area contributed by atoms with Crippen LogP contribution in [0.3, 0.4) is 0 Å². The number of carbonyl (C=O) groups excluding carboxylic acids is 1. The highest BCUT2D eigenvalue weighted by molar-refractivity contribution is 5.97. The van der Waals surface area contributed by atoms with E-state index < -0.39 is 5.92 Å². The Kier molecular flexibility index (Phi) is 4.77. The molecule has 4 aromatic rings. The topological polar surface area (TPSA) is 91.8 Å². The summed E-state index contributed by atoms with van der Waals surface area (Å²) in [6.45, 7) is 7.53. The third-order valence-corrected chi connectivity index (χ3v) is 5.76. The Morgan fingerprint density at radius 2 is 2.03 bits per heavy atom. The lowest BCUT2D eigenvalue weighted by molar-refractivity contribution is -0.114. The van der Waals surface area contributed by atoms with Crippen LogP contribution in [-0.4, -0.2) is 25.4 Å². The zero-order valence-corrected chi connectivity index (χ0v) is 18.2. The minimum absolute atomic E-state index is 0.102. The van der Waals surface area contributed by atoms with Crippen LogP contribution < -0.4 is 9.47 Å². The molecule has 0 bridgehead atoms. The van der Waals surface area contributed by atoms with Gasteiger partial charge in [-0.3, -0.25) is 4.79 Å². The Morgan fingerprint density at radius 3 is 2.78 bits per heavy atom. The van der Waals surface area contributed by atoms with Crippen LogP contribution in [0.15, 0.2) is 58.7 Å². The van der Waals surface area contributed by atoms with Crippen molar-refractivity contribution >= 4 is 11.4 Å². The smallest absolute Gasteiger partial charge is 0.228 e. The number of hydrogen-bond donors (Lipinski definition) is 0. The summed E-state index contributed by atoms with van der Waals surface area (Å²) in [5.74, 6) is 2.20. The summed E-state index contributed by atoms with van der Waals surface area (Å²) in [5, 5.41) is 4.52. The third kappa shape index (κ3) is 3.24. The molecule has 3 aromatic heterocycles. The minimum atomic E-state index is -0.487. The largest absolute Gasteiger partial charge is 0.485 e. The number of furan rings is 1. The summed E-state index contributed by atoms with van der Waals surface area (Å²) in [5.41, 5.74) is 3.93. The molecule has 0 saturated carbocycles. The number of fused-ring (bicyclic) bond motifs is 3. The number of benzene rings is 1. The molecule has 0 amide bonds. The fourth-order valence-electron chi connectivity index (χ4n) is 4.06. The fraction of sp³-hybridized carbons (Fsp3) is 0.250. The third-order valence-electron chi connectivity index (χ3n) is 5.76. The van der Waals surface area contributed by atoms with Gasteiger partial charge in [-0.15, -0.1) is 5.10 Å². The van der Waals surface area contributed by atoms with E-state index in [1.807, 2.05) is 38.1 Å². The second kappa shape index (κ2) is 7.64. The Labute approximate surface area is 184 Å². The number of ether oxygens (including phenoxy) is 2. The van der Waals surface area contributed by atoms with E-state index in [2.05, 4.69) is 10.1 Å². The molecule has 1 aliphatic heterocycles. The predicted molar refractivity (Wildman–Crippen MR) is 116 cm³/mol. The van der Waals surface area contributed by atoms with Crippen molar-refractivity contribution in [3.63, 3.8) is 0 Å². The van der Waals surface area contributed by atoms with Crippen LogP contribution in [0.1, 0.15) is 48.0 Å². The van der Waals surface area contributed by atoms with Crippen LogP contribution in [0.25, 0.3) is 5.65 Å². The van der Waals surface area contributed by atoms with E-state index in [0.29, 0.717) is 40.0 Å². The van der Waals surface area contributed by atoms with Gasteiger partial charge in [0.15, 0.2) is 17.3 Å². The molecule has 1 aromatic carbocycles. The van der Waals surface area contributed by atoms with Crippen LogP contribution in [0, 0.1) is 13.8 Å². The van der Waals surface area contributed by atoms with Crippen molar-refractivity contribution in [1.29, 1.82) is 0 Å². The van der Waals surface area contributed by atoms with E-state index in [-0.39, 0.29) is 12.4 Å². The normalized spacial score (nSPS) is 15.6. The first-order valence-electron chi connectivity index (χ1n) is 10.3. The van der Waals surface area contributed by atoms with E-state index in [0.717, 1.165) is 16.9 Å². The van der Waals surface area contributed by atoms with Gasteiger partial charge in [0.2, 0.25) is 5.88 Å². The zero-order chi connectivity index (χ0) is 22.4. The molecule has 0 aliphatic carbocycles. The number of aryl methyl sites for hydroxylation is 1. The predicted octanol–water partition coefficient (Wildman–Crippen LogP) is 4.30. The summed E-state index contributed by atoms with van der Waals surface area (Å²) in [6.07, 6.45) is 3.13. The van der Waals surface area contributed by atoms with Gasteiger partial charge in [-0.05, 0) is 57.0 Å². The number of aromatic nitrogens is 4. The molecule has 0 radical (unpaired) electrons. The van der Waals surface area contributed by atoms with Gasteiger partial charge in [0.05, 0.1) is 17.7 Å². The van der Waals surface area contributed by atoms with Gasteiger partial charge in [-0.2, -0.15) is 0 Å². The van der Waals surface area contributed by atoms with Crippen molar-refractivity contribution in [3.05, 3.63) is 82.5 Å². The number of allylic oxidation sites excluding steroid dienone is 2. The summed E-state index contributed by atoms with van der Waals surface area (Å²) in [7, 11) is 0. The second-order valence-corrected chi connectivity index (χ2v) is 7.82. The quantitative estimate of drug-likeness (QED) is 0.466. The highest BCUT2D eigenvalue weighted by atomic mass is 16.5. The summed E-state index contributed by atoms with van der Waals surface area (Å²) in [6, 6.07) is 9.55. The first kappa shape index (κ1) is 20.0. The number of ketones is 1. The number of nitrogens with zero attached hydrogens (tertiary/aromatic N) is 4. The van der Waals surface area contributed by atoms with Gasteiger partial charge < -0.3 is 13.9 Å². The highest BCUT2D eigenvalue weighted by Crippen LogP contribution is 2.44. The van der Waals surface area contributed by atoms with Crippen molar-refractivity contribution in [3.8, 4) is 11.6 Å². The lowest BCUT2D eigenvalue weighted by Gasteiger charge is -2.26. The van der Waals surface area contributed by atoms with Crippen LogP contribution in [0.5, 0.6) is 11.6 Å². The molecule has 5 rings (SSSR count). The van der Waals surface area contributed by atoms with Gasteiger partial charge in [-0.1, -0.05) is 12.1 Å². The molecule has 0 spiro atoms. The van der Waals surface area contributed by atoms with E-state index in [9.17, 15) is 4.79 Å². The van der Waals surface area contributed by atoms with Crippen LogP contribution >= 0.6 is 0 Å². The number of hydrogen-bond acceptors (Lipinski definition) is 7. The molecule has 8 heteroatoms. The highest BCUT2D eigenvalue weighted by Gasteiger charge is 2.37. The summed E-state index contributed by atoms with van der Waals surface area (Å²) >= 11 is 0. The van der Waals surface area contributed by atoms with Gasteiger partial charge in [0, 0.05) is 5.57 Å². The minimum Gasteiger partial charge on any atom is -0.485 e. The lowest BCUT2D eigenvalue weighted by atomic mass is 9.85. The average Bonchev–Trinajstić information content (AvgIpc) is 3.43. The van der Waals surface area contributed by atoms with Crippen molar-refractivity contribution in [2.24, 2.45) is 0 Å². The lowest BCUT2D eigenvalue weighted by Crippen LogP contribution is -2.21. The summed E-state index contributed by atoms with van der Waals surface area (Å²) < 4.78 is 19.2. The molecular formula is C24H22N4O4. The molecule has 0 N–H and O–H groups in total. The molecule has 0 fully saturated rings. The molecule has 1 atom stereocenters. The Hall–Kier alpha value is -3.94. The van der Waals surface area contributed by atoms with Gasteiger partial charge in [0.1, 0.15) is 30.2 Å². The molecule has 0 unspecified atom stereocenters. The number of rotatable bonds is 5. The van der Waals surface area contributed by atoms with Crippen molar-refractivity contribution in [2.45, 2.75) is 40.2 Å². The number of Topliss-reactive ketones (excluding diaryl/α,β-unsaturated/α-hetero) is 1. The SMILES string of the molecule is CC(=O)C1=C(C)Oc2ncn3nc(COc4cccc(C)c4C)nc3c2[C@@H]1c1ccco1. The second-order valence-electron chi connectivity index (χ2n) is 7.82. The van der Waals surface area contributed by atoms with E-state index in [4.69, 9.17) is 18.9 Å². The molecule has 1 aliphatic rings. The van der Waals surface area contributed by atoms with Gasteiger partial charge >= 0.3 is 0 Å². The maximum absolute atomic E-state index is 12.5. The summed E-state index contributed by atoms with van der Waals surface area (Å²) in [4.78, 5) is 21.6. The monoisotopic (exact) mass is 430 g/mol. The molecule has 162 valence electrons. The molecule has 4 heterocycles. The molecule has 32 heavy (non-hydrogen) atoms. The van der Waals surface area contributed by atoms with Crippen molar-refractivity contribution in [2.75, 3.05) is 0 Å². The maximum atomic E-state index is 12.5. The first-order chi connectivity index (χ1) is 15.4. The zero-order valence-electron chi connectivity index (χ0n) is 18.2. The molecule has 0 saturated heterocycles. The Morgan fingerprint density at radius 1 is 1.19 bits per heavy atom. The van der Waals surface area contributed by atoms with E-state index >= 15 is 0 Å². The van der Waals surface area contributed by atoms with E-state index in [1.165, 1.54) is 6.92 Å². The maximum Gasteiger partial charge on any atom is 0.228 e. The van der Waals surface area contributed by atoms with Gasteiger partial charge in [0.25, 0.3) is 0 Å². The van der Waals surface area contributed by atoms with Crippen LogP contribution in [0.2, 0.25) is 0 Å². The standard InChI is InChI=1S/C24H22N4O4/c1-13-7-5-8-17(14(13)2)31-11-19-26-23-22-21(18-9-6-10-30-18)20(15(3)29)16(4)32-24(22)25-12-28(23)27-19/h5-10,12,21H,11H2,1-4H3/t21-/m1/s1. The van der Waals surface area contributed by atoms with Crippen molar-refractivity contribution < 1.29 is 18.7 Å². The Bertz CT molecular complexity index is 1370. The first-order valence-corrected chi connectivity index (χ1v) is 10.3. The molecular weight excluding hydrogens is 408 g/mol. The molecule has 8 nitrogen and oxygen atoms in total. The van der Waals surface area contributed by atoms with Crippen LogP contribution in [0.4, 0.5) is 0 Å². The van der Waals surface area contributed by atoms with Gasteiger partial charge in [-0.25, -0.2) is 14.5 Å². The van der Waals surface area contributed by atoms with E-state index in [1.54, 1.807) is 30.1 Å². The Balaban J connectivity index is 1.58.